The van der Waals surface area contributed by atoms with Gasteiger partial charge in [0.2, 0.25) is 0 Å². The molecule has 1 aromatic carbocycles. The van der Waals surface area contributed by atoms with E-state index in [9.17, 15) is 0 Å². The fourth-order valence-electron chi connectivity index (χ4n) is 2.73. The van der Waals surface area contributed by atoms with Crippen LogP contribution in [0.4, 0.5) is 0 Å². The van der Waals surface area contributed by atoms with Gasteiger partial charge in [-0.1, -0.05) is 18.2 Å². The molecule has 1 aromatic heterocycles. The van der Waals surface area contributed by atoms with Crippen molar-refractivity contribution in [2.75, 3.05) is 6.54 Å². The summed E-state index contributed by atoms with van der Waals surface area (Å²) in [5.74, 6) is 0. The van der Waals surface area contributed by atoms with Gasteiger partial charge in [-0.3, -0.25) is 4.68 Å². The Morgan fingerprint density at radius 3 is 3.00 bits per heavy atom. The molecule has 0 saturated carbocycles. The number of nitrogens with one attached hydrogen (secondary N) is 1. The minimum Gasteiger partial charge on any atom is -0.312 e. The summed E-state index contributed by atoms with van der Waals surface area (Å²) in [5, 5.41) is 8.09. The van der Waals surface area contributed by atoms with Crippen molar-refractivity contribution in [3.05, 3.63) is 52.8 Å². The number of nitrogens with zero attached hydrogens (tertiary/aromatic N) is 2. The van der Waals surface area contributed by atoms with Crippen LogP contribution in [-0.2, 0) is 19.4 Å². The molecule has 0 amide bonds. The largest absolute Gasteiger partial charge is 0.312 e. The molecular formula is C16H21N3. The molecule has 0 spiro atoms. The molecule has 0 radical (unpaired) electrons. The minimum absolute atomic E-state index is 0.433. The number of rotatable bonds is 3. The first-order valence-electron chi connectivity index (χ1n) is 7.08. The van der Waals surface area contributed by atoms with Crippen LogP contribution < -0.4 is 5.32 Å². The maximum absolute atomic E-state index is 4.66. The van der Waals surface area contributed by atoms with Gasteiger partial charge < -0.3 is 5.32 Å². The average Bonchev–Trinajstić information content (AvgIpc) is 2.88. The van der Waals surface area contributed by atoms with Crippen molar-refractivity contribution in [3.8, 4) is 0 Å². The lowest BCUT2D eigenvalue weighted by molar-refractivity contribution is 0.527. The highest BCUT2D eigenvalue weighted by Crippen LogP contribution is 2.21. The third-order valence-electron chi connectivity index (χ3n) is 3.80. The van der Waals surface area contributed by atoms with Crippen molar-refractivity contribution < 1.29 is 0 Å². The van der Waals surface area contributed by atoms with E-state index < -0.39 is 0 Å². The summed E-state index contributed by atoms with van der Waals surface area (Å²) in [7, 11) is 0. The van der Waals surface area contributed by atoms with Crippen LogP contribution in [0.3, 0.4) is 0 Å². The zero-order valence-electron chi connectivity index (χ0n) is 11.7. The summed E-state index contributed by atoms with van der Waals surface area (Å²) >= 11 is 0. The summed E-state index contributed by atoms with van der Waals surface area (Å²) in [4.78, 5) is 0. The van der Waals surface area contributed by atoms with E-state index >= 15 is 0 Å². The molecular weight excluding hydrogens is 234 g/mol. The molecule has 3 rings (SSSR count). The first kappa shape index (κ1) is 12.4. The number of hydrogen-bond acceptors (Lipinski definition) is 2. The van der Waals surface area contributed by atoms with Crippen molar-refractivity contribution >= 4 is 0 Å². The molecule has 2 aromatic rings. The first-order chi connectivity index (χ1) is 9.24. The average molecular weight is 255 g/mol. The Hall–Kier alpha value is -1.61. The van der Waals surface area contributed by atoms with Crippen LogP contribution in [0.2, 0.25) is 0 Å². The van der Waals surface area contributed by atoms with Gasteiger partial charge in [0.25, 0.3) is 0 Å². The summed E-state index contributed by atoms with van der Waals surface area (Å²) in [5.41, 5.74) is 5.58. The quantitative estimate of drug-likeness (QED) is 0.914. The van der Waals surface area contributed by atoms with Crippen molar-refractivity contribution in [2.24, 2.45) is 0 Å². The molecule has 19 heavy (non-hydrogen) atoms. The lowest BCUT2D eigenvalue weighted by Crippen LogP contribution is -2.24. The van der Waals surface area contributed by atoms with Crippen LogP contribution >= 0.6 is 0 Å². The van der Waals surface area contributed by atoms with Crippen molar-refractivity contribution in [1.82, 2.24) is 15.1 Å². The molecule has 0 bridgehead atoms. The molecule has 0 atom stereocenters. The summed E-state index contributed by atoms with van der Waals surface area (Å²) in [6, 6.07) is 9.22. The maximum Gasteiger partial charge on any atom is 0.0668 e. The standard InChI is InChI=1S/C16H21N3/c1-12(2)19-9-7-15(18-19)10-13-4-3-5-14-11-17-8-6-16(13)14/h3-5,7,9,12,17H,6,8,10-11H2,1-2H3. The van der Waals surface area contributed by atoms with Crippen LogP contribution in [-0.4, -0.2) is 16.3 Å². The number of hydrogen-bond donors (Lipinski definition) is 1. The molecule has 3 heteroatoms. The second-order valence-corrected chi connectivity index (χ2v) is 5.54. The SMILES string of the molecule is CC(C)n1ccc(Cc2cccc3c2CCNC3)n1. The van der Waals surface area contributed by atoms with Crippen molar-refractivity contribution in [1.29, 1.82) is 0 Å². The third kappa shape index (κ3) is 2.56. The van der Waals surface area contributed by atoms with Gasteiger partial charge in [0.1, 0.15) is 0 Å². The fraction of sp³-hybridized carbons (Fsp3) is 0.438. The van der Waals surface area contributed by atoms with E-state index in [1.54, 1.807) is 0 Å². The topological polar surface area (TPSA) is 29.9 Å². The molecule has 0 aliphatic carbocycles. The predicted octanol–water partition coefficient (Wildman–Crippen LogP) is 2.70. The molecule has 1 aliphatic rings. The van der Waals surface area contributed by atoms with Crippen LogP contribution in [0.5, 0.6) is 0 Å². The van der Waals surface area contributed by atoms with Gasteiger partial charge in [0, 0.05) is 25.2 Å². The highest BCUT2D eigenvalue weighted by molar-refractivity contribution is 5.38. The monoisotopic (exact) mass is 255 g/mol. The number of benzene rings is 1. The lowest BCUT2D eigenvalue weighted by Gasteiger charge is -2.20. The van der Waals surface area contributed by atoms with Crippen LogP contribution in [0, 0.1) is 0 Å². The van der Waals surface area contributed by atoms with E-state index in [1.807, 2.05) is 4.68 Å². The van der Waals surface area contributed by atoms with Gasteiger partial charge in [0.15, 0.2) is 0 Å². The van der Waals surface area contributed by atoms with E-state index in [4.69, 9.17) is 0 Å². The summed E-state index contributed by atoms with van der Waals surface area (Å²) in [6.45, 7) is 6.41. The zero-order valence-corrected chi connectivity index (χ0v) is 11.7. The smallest absolute Gasteiger partial charge is 0.0668 e. The zero-order chi connectivity index (χ0) is 13.2. The van der Waals surface area contributed by atoms with E-state index in [2.05, 4.69) is 54.7 Å². The summed E-state index contributed by atoms with van der Waals surface area (Å²) in [6.07, 6.45) is 4.16. The molecule has 1 N–H and O–H groups in total. The summed E-state index contributed by atoms with van der Waals surface area (Å²) < 4.78 is 2.03. The van der Waals surface area contributed by atoms with Gasteiger partial charge in [-0.25, -0.2) is 0 Å². The third-order valence-corrected chi connectivity index (χ3v) is 3.80. The molecule has 100 valence electrons. The van der Waals surface area contributed by atoms with Crippen LogP contribution in [0.1, 0.15) is 42.3 Å². The second kappa shape index (κ2) is 5.17. The highest BCUT2D eigenvalue weighted by atomic mass is 15.3. The van der Waals surface area contributed by atoms with Crippen LogP contribution in [0.15, 0.2) is 30.5 Å². The van der Waals surface area contributed by atoms with E-state index in [-0.39, 0.29) is 0 Å². The maximum atomic E-state index is 4.66. The molecule has 0 saturated heterocycles. The van der Waals surface area contributed by atoms with E-state index in [0.717, 1.165) is 25.9 Å². The van der Waals surface area contributed by atoms with Crippen LogP contribution in [0.25, 0.3) is 0 Å². The Bertz CT molecular complexity index is 569. The molecule has 0 fully saturated rings. The normalized spacial score (nSPS) is 14.7. The second-order valence-electron chi connectivity index (χ2n) is 5.54. The first-order valence-corrected chi connectivity index (χ1v) is 7.08. The molecule has 3 nitrogen and oxygen atoms in total. The number of aromatic nitrogens is 2. The van der Waals surface area contributed by atoms with E-state index in [1.165, 1.54) is 22.4 Å². The predicted molar refractivity (Wildman–Crippen MR) is 77.3 cm³/mol. The molecule has 0 unspecified atom stereocenters. The minimum atomic E-state index is 0.433. The van der Waals surface area contributed by atoms with Gasteiger partial charge in [-0.2, -0.15) is 5.10 Å². The number of fused-ring (bicyclic) bond motifs is 1. The molecule has 2 heterocycles. The molecule has 1 aliphatic heterocycles. The van der Waals surface area contributed by atoms with E-state index in [0.29, 0.717) is 6.04 Å². The highest BCUT2D eigenvalue weighted by Gasteiger charge is 2.13. The van der Waals surface area contributed by atoms with Crippen molar-refractivity contribution in [3.63, 3.8) is 0 Å². The Labute approximate surface area is 114 Å². The van der Waals surface area contributed by atoms with Gasteiger partial charge in [0.05, 0.1) is 5.69 Å². The Morgan fingerprint density at radius 2 is 2.21 bits per heavy atom. The lowest BCUT2D eigenvalue weighted by atomic mass is 9.93. The fourth-order valence-corrected chi connectivity index (χ4v) is 2.73. The van der Waals surface area contributed by atoms with Gasteiger partial charge in [-0.05, 0) is 49.6 Å². The Kier molecular flexibility index (Phi) is 3.38. The Morgan fingerprint density at radius 1 is 1.32 bits per heavy atom. The Balaban J connectivity index is 1.86. The van der Waals surface area contributed by atoms with Crippen molar-refractivity contribution in [2.45, 2.75) is 39.3 Å². The van der Waals surface area contributed by atoms with Gasteiger partial charge >= 0.3 is 0 Å². The van der Waals surface area contributed by atoms with Gasteiger partial charge in [-0.15, -0.1) is 0 Å².